The van der Waals surface area contributed by atoms with E-state index >= 15 is 0 Å². The first-order valence-electron chi connectivity index (χ1n) is 5.73. The van der Waals surface area contributed by atoms with E-state index in [-0.39, 0.29) is 0 Å². The molecule has 2 heterocycles. The summed E-state index contributed by atoms with van der Waals surface area (Å²) in [6.07, 6.45) is 3.78. The molecule has 18 heavy (non-hydrogen) atoms. The van der Waals surface area contributed by atoms with E-state index in [0.717, 1.165) is 16.8 Å². The van der Waals surface area contributed by atoms with Crippen molar-refractivity contribution >= 4 is 32.5 Å². The predicted octanol–water partition coefficient (Wildman–Crippen LogP) is 3.94. The Hall–Kier alpha value is -1.81. The summed E-state index contributed by atoms with van der Waals surface area (Å²) in [6, 6.07) is 12.4. The molecule has 0 amide bonds. The van der Waals surface area contributed by atoms with Gasteiger partial charge in [0.15, 0.2) is 0 Å². The van der Waals surface area contributed by atoms with Crippen LogP contribution in [0.25, 0.3) is 10.9 Å². The van der Waals surface area contributed by atoms with Gasteiger partial charge < -0.3 is 10.3 Å². The van der Waals surface area contributed by atoms with Gasteiger partial charge in [-0.05, 0) is 51.1 Å². The van der Waals surface area contributed by atoms with E-state index in [1.54, 1.807) is 0 Å². The van der Waals surface area contributed by atoms with Crippen LogP contribution in [0.4, 0.5) is 5.69 Å². The fourth-order valence-corrected chi connectivity index (χ4v) is 2.12. The molecule has 0 fully saturated rings. The highest BCUT2D eigenvalue weighted by molar-refractivity contribution is 9.10. The van der Waals surface area contributed by atoms with Crippen molar-refractivity contribution in [1.82, 2.24) is 9.97 Å². The van der Waals surface area contributed by atoms with Crippen molar-refractivity contribution < 1.29 is 0 Å². The van der Waals surface area contributed by atoms with Crippen LogP contribution in [0.15, 0.2) is 53.4 Å². The van der Waals surface area contributed by atoms with Crippen molar-refractivity contribution in [3.63, 3.8) is 0 Å². The van der Waals surface area contributed by atoms with Gasteiger partial charge >= 0.3 is 0 Å². The molecule has 90 valence electrons. The summed E-state index contributed by atoms with van der Waals surface area (Å²) in [5.41, 5.74) is 3.43. The number of nitrogens with one attached hydrogen (secondary N) is 2. The summed E-state index contributed by atoms with van der Waals surface area (Å²) >= 11 is 3.32. The van der Waals surface area contributed by atoms with Crippen molar-refractivity contribution in [1.29, 1.82) is 0 Å². The second-order valence-electron chi connectivity index (χ2n) is 4.12. The average molecular weight is 302 g/mol. The zero-order valence-electron chi connectivity index (χ0n) is 9.65. The molecule has 1 aromatic carbocycles. The van der Waals surface area contributed by atoms with Crippen molar-refractivity contribution in [2.45, 2.75) is 6.54 Å². The molecule has 3 aromatic rings. The zero-order chi connectivity index (χ0) is 12.4. The minimum Gasteiger partial charge on any atom is -0.380 e. The highest BCUT2D eigenvalue weighted by Crippen LogP contribution is 2.16. The van der Waals surface area contributed by atoms with Crippen molar-refractivity contribution in [3.8, 4) is 0 Å². The van der Waals surface area contributed by atoms with Crippen molar-refractivity contribution in [2.24, 2.45) is 0 Å². The van der Waals surface area contributed by atoms with Gasteiger partial charge in [0.2, 0.25) is 0 Å². The third kappa shape index (κ3) is 2.38. The van der Waals surface area contributed by atoms with E-state index in [1.165, 1.54) is 16.5 Å². The number of H-pyrrole nitrogens is 1. The van der Waals surface area contributed by atoms with Crippen LogP contribution < -0.4 is 5.32 Å². The monoisotopic (exact) mass is 301 g/mol. The molecular formula is C14H12BrN3. The highest BCUT2D eigenvalue weighted by Gasteiger charge is 1.98. The molecule has 0 bridgehead atoms. The van der Waals surface area contributed by atoms with Crippen LogP contribution in [-0.4, -0.2) is 9.97 Å². The van der Waals surface area contributed by atoms with Crippen LogP contribution in [0.5, 0.6) is 0 Å². The SMILES string of the molecule is Brc1ccc(NCc2ccc3cc[nH]c3c2)cn1. The number of hydrogen-bond donors (Lipinski definition) is 2. The molecule has 0 saturated heterocycles. The number of rotatable bonds is 3. The van der Waals surface area contributed by atoms with E-state index < -0.39 is 0 Å². The molecule has 2 N–H and O–H groups in total. The standard InChI is InChI=1S/C14H12BrN3/c15-14-4-3-12(9-18-14)17-8-10-1-2-11-5-6-16-13(11)7-10/h1-7,9,16-17H,8H2. The van der Waals surface area contributed by atoms with Gasteiger partial charge in [0.25, 0.3) is 0 Å². The molecule has 3 nitrogen and oxygen atoms in total. The Bertz CT molecular complexity index is 658. The normalized spacial score (nSPS) is 10.7. The summed E-state index contributed by atoms with van der Waals surface area (Å²) in [5.74, 6) is 0. The molecule has 3 rings (SSSR count). The van der Waals surface area contributed by atoms with Gasteiger partial charge in [0, 0.05) is 18.3 Å². The first-order valence-corrected chi connectivity index (χ1v) is 6.52. The number of fused-ring (bicyclic) bond motifs is 1. The molecule has 0 radical (unpaired) electrons. The Kier molecular flexibility index (Phi) is 3.02. The van der Waals surface area contributed by atoms with Crippen LogP contribution in [0.3, 0.4) is 0 Å². The van der Waals surface area contributed by atoms with Gasteiger partial charge in [-0.15, -0.1) is 0 Å². The number of benzene rings is 1. The first kappa shape index (κ1) is 11.3. The molecule has 0 unspecified atom stereocenters. The Morgan fingerprint density at radius 2 is 2.11 bits per heavy atom. The van der Waals surface area contributed by atoms with E-state index in [1.807, 2.05) is 24.5 Å². The molecule has 0 aliphatic rings. The molecule has 0 aliphatic heterocycles. The van der Waals surface area contributed by atoms with Gasteiger partial charge in [0.1, 0.15) is 4.60 Å². The topological polar surface area (TPSA) is 40.7 Å². The second-order valence-corrected chi connectivity index (χ2v) is 4.93. The van der Waals surface area contributed by atoms with Crippen LogP contribution in [-0.2, 0) is 6.54 Å². The molecule has 0 atom stereocenters. The third-order valence-electron chi connectivity index (χ3n) is 2.84. The molecule has 0 aliphatic carbocycles. The molecular weight excluding hydrogens is 290 g/mol. The van der Waals surface area contributed by atoms with Crippen molar-refractivity contribution in [3.05, 3.63) is 59.0 Å². The van der Waals surface area contributed by atoms with Gasteiger partial charge in [-0.3, -0.25) is 0 Å². The van der Waals surface area contributed by atoms with Crippen LogP contribution in [0, 0.1) is 0 Å². The summed E-state index contributed by atoms with van der Waals surface area (Å²) in [6.45, 7) is 0.790. The molecule has 0 saturated carbocycles. The van der Waals surface area contributed by atoms with E-state index in [9.17, 15) is 0 Å². The lowest BCUT2D eigenvalue weighted by Crippen LogP contribution is -1.99. The Morgan fingerprint density at radius 3 is 2.94 bits per heavy atom. The number of nitrogens with zero attached hydrogens (tertiary/aromatic N) is 1. The highest BCUT2D eigenvalue weighted by atomic mass is 79.9. The van der Waals surface area contributed by atoms with Gasteiger partial charge in [-0.2, -0.15) is 0 Å². The zero-order valence-corrected chi connectivity index (χ0v) is 11.2. The average Bonchev–Trinajstić information content (AvgIpc) is 2.85. The number of aromatic nitrogens is 2. The number of halogens is 1. The van der Waals surface area contributed by atoms with Crippen LogP contribution in [0.1, 0.15) is 5.56 Å². The van der Waals surface area contributed by atoms with Gasteiger partial charge in [-0.1, -0.05) is 12.1 Å². The Morgan fingerprint density at radius 1 is 1.17 bits per heavy atom. The van der Waals surface area contributed by atoms with Gasteiger partial charge in [0.05, 0.1) is 11.9 Å². The van der Waals surface area contributed by atoms with Crippen LogP contribution >= 0.6 is 15.9 Å². The molecule has 0 spiro atoms. The van der Waals surface area contributed by atoms with Gasteiger partial charge in [-0.25, -0.2) is 4.98 Å². The summed E-state index contributed by atoms with van der Waals surface area (Å²) < 4.78 is 0.848. The van der Waals surface area contributed by atoms with Crippen LogP contribution in [0.2, 0.25) is 0 Å². The largest absolute Gasteiger partial charge is 0.380 e. The lowest BCUT2D eigenvalue weighted by molar-refractivity contribution is 1.14. The number of anilines is 1. The van der Waals surface area contributed by atoms with E-state index in [4.69, 9.17) is 0 Å². The Labute approximate surface area is 113 Å². The maximum atomic E-state index is 4.18. The summed E-state index contributed by atoms with van der Waals surface area (Å²) in [7, 11) is 0. The fraction of sp³-hybridized carbons (Fsp3) is 0.0714. The quantitative estimate of drug-likeness (QED) is 0.720. The summed E-state index contributed by atoms with van der Waals surface area (Å²) in [5, 5.41) is 4.59. The van der Waals surface area contributed by atoms with E-state index in [0.29, 0.717) is 0 Å². The lowest BCUT2D eigenvalue weighted by Gasteiger charge is -2.06. The minimum absolute atomic E-state index is 0.790. The smallest absolute Gasteiger partial charge is 0.106 e. The molecule has 2 aromatic heterocycles. The number of hydrogen-bond acceptors (Lipinski definition) is 2. The maximum Gasteiger partial charge on any atom is 0.106 e. The second kappa shape index (κ2) is 4.82. The predicted molar refractivity (Wildman–Crippen MR) is 77.6 cm³/mol. The number of aromatic amines is 1. The third-order valence-corrected chi connectivity index (χ3v) is 3.31. The lowest BCUT2D eigenvalue weighted by atomic mass is 10.1. The number of pyridine rings is 1. The summed E-state index contributed by atoms with van der Waals surface area (Å²) in [4.78, 5) is 7.40. The fourth-order valence-electron chi connectivity index (χ4n) is 1.89. The maximum absolute atomic E-state index is 4.18. The minimum atomic E-state index is 0.790. The molecule has 4 heteroatoms. The Balaban J connectivity index is 1.74. The van der Waals surface area contributed by atoms with E-state index in [2.05, 4.69) is 55.5 Å². The van der Waals surface area contributed by atoms with Crippen molar-refractivity contribution in [2.75, 3.05) is 5.32 Å². The first-order chi connectivity index (χ1) is 8.81.